The molecule has 3 unspecified atom stereocenters. The third-order valence-electron chi connectivity index (χ3n) is 3.17. The minimum Gasteiger partial charge on any atom is -0.480 e. The van der Waals surface area contributed by atoms with Crippen LogP contribution in [0.25, 0.3) is 0 Å². The summed E-state index contributed by atoms with van der Waals surface area (Å²) in [4.78, 5) is 22.9. The van der Waals surface area contributed by atoms with E-state index in [4.69, 9.17) is 10.8 Å². The van der Waals surface area contributed by atoms with E-state index in [0.29, 0.717) is 12.8 Å². The van der Waals surface area contributed by atoms with Gasteiger partial charge in [0.1, 0.15) is 6.04 Å². The third kappa shape index (κ3) is 4.34. The molecule has 0 bridgehead atoms. The normalized spacial score (nSPS) is 25.9. The number of hydrogen-bond acceptors (Lipinski definition) is 3. The van der Waals surface area contributed by atoms with Crippen LogP contribution >= 0.6 is 0 Å². The molecule has 1 aliphatic carbocycles. The second kappa shape index (κ2) is 6.00. The average Bonchev–Trinajstić information content (AvgIpc) is 2.63. The zero-order valence-electron chi connectivity index (χ0n) is 10.5. The Bertz CT molecular complexity index is 291. The molecule has 1 fully saturated rings. The molecule has 1 aliphatic rings. The maximum Gasteiger partial charge on any atom is 0.326 e. The molecule has 1 amide bonds. The second-order valence-electron chi connectivity index (χ2n) is 5.30. The van der Waals surface area contributed by atoms with E-state index in [1.807, 2.05) is 13.8 Å². The minimum atomic E-state index is -0.964. The standard InChI is InChI=1S/C12H22N2O3/c1-7(2)5-10(12(16)17)14-11(15)8-3-4-9(13)6-8/h7-10H,3-6,13H2,1-2H3,(H,14,15)(H,16,17). The van der Waals surface area contributed by atoms with Gasteiger partial charge in [-0.3, -0.25) is 4.79 Å². The van der Waals surface area contributed by atoms with Crippen LogP contribution in [0.2, 0.25) is 0 Å². The highest BCUT2D eigenvalue weighted by Crippen LogP contribution is 2.24. The summed E-state index contributed by atoms with van der Waals surface area (Å²) in [7, 11) is 0. The highest BCUT2D eigenvalue weighted by molar-refractivity contribution is 5.85. The monoisotopic (exact) mass is 242 g/mol. The Labute approximate surface area is 102 Å². The summed E-state index contributed by atoms with van der Waals surface area (Å²) in [6, 6.07) is -0.696. The Kier molecular flexibility index (Phi) is 4.93. The highest BCUT2D eigenvalue weighted by atomic mass is 16.4. The number of nitrogens with two attached hydrogens (primary N) is 1. The molecule has 0 aromatic rings. The number of carboxylic acids is 1. The van der Waals surface area contributed by atoms with E-state index in [1.54, 1.807) is 0 Å². The van der Waals surface area contributed by atoms with E-state index < -0.39 is 12.0 Å². The van der Waals surface area contributed by atoms with Crippen molar-refractivity contribution in [1.29, 1.82) is 0 Å². The van der Waals surface area contributed by atoms with Crippen LogP contribution in [0.4, 0.5) is 0 Å². The van der Waals surface area contributed by atoms with Crippen molar-refractivity contribution >= 4 is 11.9 Å². The predicted molar refractivity (Wildman–Crippen MR) is 64.3 cm³/mol. The number of rotatable bonds is 5. The van der Waals surface area contributed by atoms with Gasteiger partial charge in [-0.15, -0.1) is 0 Å². The van der Waals surface area contributed by atoms with E-state index >= 15 is 0 Å². The van der Waals surface area contributed by atoms with Crippen molar-refractivity contribution in [2.24, 2.45) is 17.6 Å². The lowest BCUT2D eigenvalue weighted by molar-refractivity contribution is -0.142. The summed E-state index contributed by atoms with van der Waals surface area (Å²) in [6.45, 7) is 3.88. The Morgan fingerprint density at radius 3 is 2.47 bits per heavy atom. The van der Waals surface area contributed by atoms with Crippen LogP contribution in [0.1, 0.15) is 39.5 Å². The molecule has 0 saturated heterocycles. The molecule has 98 valence electrons. The number of carboxylic acid groups (broad SMARTS) is 1. The van der Waals surface area contributed by atoms with Crippen molar-refractivity contribution in [3.8, 4) is 0 Å². The van der Waals surface area contributed by atoms with Crippen molar-refractivity contribution in [2.75, 3.05) is 0 Å². The highest BCUT2D eigenvalue weighted by Gasteiger charge is 2.30. The van der Waals surface area contributed by atoms with E-state index in [0.717, 1.165) is 12.8 Å². The fourth-order valence-electron chi connectivity index (χ4n) is 2.24. The first kappa shape index (κ1) is 14.0. The maximum atomic E-state index is 11.9. The predicted octanol–water partition coefficient (Wildman–Crippen LogP) is 0.729. The molecule has 0 aromatic heterocycles. The van der Waals surface area contributed by atoms with Gasteiger partial charge in [-0.1, -0.05) is 13.8 Å². The zero-order chi connectivity index (χ0) is 13.0. The first-order valence-corrected chi connectivity index (χ1v) is 6.19. The van der Waals surface area contributed by atoms with Gasteiger partial charge in [-0.2, -0.15) is 0 Å². The number of carbonyl (C=O) groups excluding carboxylic acids is 1. The molecule has 1 saturated carbocycles. The maximum absolute atomic E-state index is 11.9. The van der Waals surface area contributed by atoms with Crippen molar-refractivity contribution in [3.05, 3.63) is 0 Å². The molecule has 0 aliphatic heterocycles. The zero-order valence-corrected chi connectivity index (χ0v) is 10.5. The Morgan fingerprint density at radius 1 is 1.41 bits per heavy atom. The lowest BCUT2D eigenvalue weighted by Crippen LogP contribution is -2.44. The Balaban J connectivity index is 2.49. The minimum absolute atomic E-state index is 0.0825. The lowest BCUT2D eigenvalue weighted by Gasteiger charge is -2.18. The van der Waals surface area contributed by atoms with Gasteiger partial charge in [0.2, 0.25) is 5.91 Å². The summed E-state index contributed by atoms with van der Waals surface area (Å²) in [6.07, 6.45) is 2.74. The number of amides is 1. The van der Waals surface area contributed by atoms with Gasteiger partial charge in [0.05, 0.1) is 0 Å². The summed E-state index contributed by atoms with van der Waals surface area (Å²) < 4.78 is 0. The molecule has 1 rings (SSSR count). The first-order chi connectivity index (χ1) is 7.90. The van der Waals surface area contributed by atoms with Gasteiger partial charge in [0, 0.05) is 12.0 Å². The molecule has 0 radical (unpaired) electrons. The summed E-state index contributed by atoms with van der Waals surface area (Å²) in [5.74, 6) is -0.999. The van der Waals surface area contributed by atoms with E-state index in [1.165, 1.54) is 0 Å². The number of hydrogen-bond donors (Lipinski definition) is 3. The number of carbonyl (C=O) groups is 2. The van der Waals surface area contributed by atoms with Crippen LogP contribution < -0.4 is 11.1 Å². The van der Waals surface area contributed by atoms with Crippen molar-refractivity contribution in [1.82, 2.24) is 5.32 Å². The third-order valence-corrected chi connectivity index (χ3v) is 3.17. The summed E-state index contributed by atoms with van der Waals surface area (Å²) in [5, 5.41) is 11.6. The van der Waals surface area contributed by atoms with Crippen LogP contribution in [0, 0.1) is 11.8 Å². The van der Waals surface area contributed by atoms with Crippen LogP contribution in [0.5, 0.6) is 0 Å². The molecule has 4 N–H and O–H groups in total. The SMILES string of the molecule is CC(C)CC(NC(=O)C1CCC(N)C1)C(=O)O. The van der Waals surface area contributed by atoms with Crippen LogP contribution in [0.3, 0.4) is 0 Å². The molecule has 0 heterocycles. The molecule has 5 nitrogen and oxygen atoms in total. The van der Waals surface area contributed by atoms with Crippen LogP contribution in [0.15, 0.2) is 0 Å². The quantitative estimate of drug-likeness (QED) is 0.662. The topological polar surface area (TPSA) is 92.4 Å². The molecular formula is C12H22N2O3. The average molecular weight is 242 g/mol. The van der Waals surface area contributed by atoms with Crippen molar-refractivity contribution in [2.45, 2.75) is 51.6 Å². The van der Waals surface area contributed by atoms with Gasteiger partial charge in [0.25, 0.3) is 0 Å². The van der Waals surface area contributed by atoms with Gasteiger partial charge in [0.15, 0.2) is 0 Å². The molecule has 5 heteroatoms. The van der Waals surface area contributed by atoms with Gasteiger partial charge >= 0.3 is 5.97 Å². The van der Waals surface area contributed by atoms with Gasteiger partial charge < -0.3 is 16.2 Å². The van der Waals surface area contributed by atoms with Crippen LogP contribution in [-0.2, 0) is 9.59 Å². The number of nitrogens with one attached hydrogen (secondary N) is 1. The smallest absolute Gasteiger partial charge is 0.326 e. The number of aliphatic carboxylic acids is 1. The van der Waals surface area contributed by atoms with E-state index in [2.05, 4.69) is 5.32 Å². The Hall–Kier alpha value is -1.10. The largest absolute Gasteiger partial charge is 0.480 e. The lowest BCUT2D eigenvalue weighted by atomic mass is 10.0. The van der Waals surface area contributed by atoms with Crippen molar-refractivity contribution in [3.63, 3.8) is 0 Å². The second-order valence-corrected chi connectivity index (χ2v) is 5.30. The van der Waals surface area contributed by atoms with Crippen molar-refractivity contribution < 1.29 is 14.7 Å². The molecule has 0 aromatic carbocycles. The van der Waals surface area contributed by atoms with Gasteiger partial charge in [-0.25, -0.2) is 4.79 Å². The molecule has 17 heavy (non-hydrogen) atoms. The first-order valence-electron chi connectivity index (χ1n) is 6.19. The summed E-state index contributed by atoms with van der Waals surface area (Å²) in [5.41, 5.74) is 5.74. The fourth-order valence-corrected chi connectivity index (χ4v) is 2.24. The molecule has 3 atom stereocenters. The van der Waals surface area contributed by atoms with E-state index in [-0.39, 0.29) is 23.8 Å². The Morgan fingerprint density at radius 2 is 2.06 bits per heavy atom. The fraction of sp³-hybridized carbons (Fsp3) is 0.833. The van der Waals surface area contributed by atoms with Gasteiger partial charge in [-0.05, 0) is 31.6 Å². The molecule has 0 spiro atoms. The van der Waals surface area contributed by atoms with Crippen LogP contribution in [-0.4, -0.2) is 29.1 Å². The van der Waals surface area contributed by atoms with E-state index in [9.17, 15) is 9.59 Å². The molecular weight excluding hydrogens is 220 g/mol. The summed E-state index contributed by atoms with van der Waals surface area (Å²) >= 11 is 0.